The number of methoxy groups -OCH3 is 1. The lowest BCUT2D eigenvalue weighted by Gasteiger charge is -2.55. The van der Waals surface area contributed by atoms with Gasteiger partial charge in [0, 0.05) is 16.5 Å². The van der Waals surface area contributed by atoms with Gasteiger partial charge in [0.1, 0.15) is 0 Å². The third kappa shape index (κ3) is 2.35. The molecule has 3 heteroatoms. The highest BCUT2D eigenvalue weighted by molar-refractivity contribution is 5.60. The Morgan fingerprint density at radius 1 is 1.21 bits per heavy atom. The summed E-state index contributed by atoms with van der Waals surface area (Å²) in [6.45, 7) is 11.1. The molecular formula is C21H32O3. The smallest absolute Gasteiger partial charge is 0.164 e. The predicted octanol–water partition coefficient (Wildman–Crippen LogP) is 5.05. The van der Waals surface area contributed by atoms with Crippen LogP contribution in [0.1, 0.15) is 89.0 Å². The van der Waals surface area contributed by atoms with Crippen LogP contribution in [0.5, 0.6) is 11.5 Å². The summed E-state index contributed by atoms with van der Waals surface area (Å²) < 4.78 is 5.58. The highest BCUT2D eigenvalue weighted by atomic mass is 16.5. The Labute approximate surface area is 146 Å². The van der Waals surface area contributed by atoms with Gasteiger partial charge in [0.2, 0.25) is 0 Å². The third-order valence-electron chi connectivity index (χ3n) is 6.76. The summed E-state index contributed by atoms with van der Waals surface area (Å²) in [5.74, 6) is 1.43. The van der Waals surface area contributed by atoms with Gasteiger partial charge in [-0.25, -0.2) is 0 Å². The number of ether oxygens (including phenoxy) is 1. The lowest BCUT2D eigenvalue weighted by Crippen LogP contribution is -2.48. The Balaban J connectivity index is 2.28. The van der Waals surface area contributed by atoms with Crippen molar-refractivity contribution in [2.75, 3.05) is 7.11 Å². The van der Waals surface area contributed by atoms with Crippen LogP contribution >= 0.6 is 0 Å². The van der Waals surface area contributed by atoms with Crippen molar-refractivity contribution >= 4 is 0 Å². The molecule has 1 aromatic carbocycles. The third-order valence-corrected chi connectivity index (χ3v) is 6.76. The summed E-state index contributed by atoms with van der Waals surface area (Å²) in [5.41, 5.74) is 2.88. The van der Waals surface area contributed by atoms with Crippen molar-refractivity contribution in [3.63, 3.8) is 0 Å². The molecule has 134 valence electrons. The molecule has 3 atom stereocenters. The van der Waals surface area contributed by atoms with Crippen LogP contribution in [0, 0.1) is 11.3 Å². The molecule has 1 aromatic rings. The largest absolute Gasteiger partial charge is 0.504 e. The van der Waals surface area contributed by atoms with Gasteiger partial charge in [-0.3, -0.25) is 0 Å². The first-order chi connectivity index (χ1) is 11.1. The van der Waals surface area contributed by atoms with Crippen LogP contribution in [0.15, 0.2) is 6.07 Å². The molecule has 24 heavy (non-hydrogen) atoms. The number of benzene rings is 1. The van der Waals surface area contributed by atoms with E-state index < -0.39 is 6.10 Å². The van der Waals surface area contributed by atoms with Gasteiger partial charge in [-0.05, 0) is 48.1 Å². The Morgan fingerprint density at radius 3 is 2.46 bits per heavy atom. The molecule has 0 amide bonds. The van der Waals surface area contributed by atoms with E-state index in [-0.39, 0.29) is 22.5 Å². The Morgan fingerprint density at radius 2 is 1.88 bits per heavy atom. The summed E-state index contributed by atoms with van der Waals surface area (Å²) in [6.07, 6.45) is 3.66. The number of aliphatic hydroxyl groups is 1. The standard InChI is InChI=1S/C21H32O3/c1-12(2)13-10-14-15(22)11-16-20(3,4)8-7-9-21(16,5)17(14)18(23)19(13)24-6/h10,12,15-16,22-23H,7-9,11H2,1-6H3/t15-,16?,21+/m1/s1. The van der Waals surface area contributed by atoms with Crippen LogP contribution in [0.4, 0.5) is 0 Å². The van der Waals surface area contributed by atoms with Crippen molar-refractivity contribution in [3.05, 3.63) is 22.8 Å². The summed E-state index contributed by atoms with van der Waals surface area (Å²) in [4.78, 5) is 0. The van der Waals surface area contributed by atoms with Crippen LogP contribution in [-0.2, 0) is 5.41 Å². The first-order valence-corrected chi connectivity index (χ1v) is 9.25. The van der Waals surface area contributed by atoms with Crippen molar-refractivity contribution in [2.45, 2.75) is 77.7 Å². The highest BCUT2D eigenvalue weighted by Gasteiger charge is 2.53. The summed E-state index contributed by atoms with van der Waals surface area (Å²) in [7, 11) is 1.62. The molecule has 2 aliphatic rings. The fraction of sp³-hybridized carbons (Fsp3) is 0.714. The number of aliphatic hydroxyl groups excluding tert-OH is 1. The molecule has 3 rings (SSSR count). The van der Waals surface area contributed by atoms with Crippen molar-refractivity contribution in [1.82, 2.24) is 0 Å². The first-order valence-electron chi connectivity index (χ1n) is 9.25. The van der Waals surface area contributed by atoms with E-state index in [1.807, 2.05) is 0 Å². The van der Waals surface area contributed by atoms with E-state index >= 15 is 0 Å². The number of rotatable bonds is 2. The molecule has 0 aliphatic heterocycles. The number of aromatic hydroxyl groups is 1. The maximum atomic E-state index is 11.1. The fourth-order valence-electron chi connectivity index (χ4n) is 5.55. The Hall–Kier alpha value is -1.22. The Kier molecular flexibility index (Phi) is 4.15. The van der Waals surface area contributed by atoms with Gasteiger partial charge in [0.25, 0.3) is 0 Å². The maximum absolute atomic E-state index is 11.1. The van der Waals surface area contributed by atoms with E-state index in [1.165, 1.54) is 6.42 Å². The molecule has 0 radical (unpaired) electrons. The first kappa shape index (κ1) is 17.6. The summed E-state index contributed by atoms with van der Waals surface area (Å²) in [5, 5.41) is 22.0. The van der Waals surface area contributed by atoms with Gasteiger partial charge in [-0.1, -0.05) is 41.0 Å². The highest BCUT2D eigenvalue weighted by Crippen LogP contribution is 2.62. The van der Waals surface area contributed by atoms with E-state index in [9.17, 15) is 10.2 Å². The lowest BCUT2D eigenvalue weighted by atomic mass is 9.49. The van der Waals surface area contributed by atoms with Gasteiger partial charge < -0.3 is 14.9 Å². The fourth-order valence-corrected chi connectivity index (χ4v) is 5.55. The van der Waals surface area contributed by atoms with E-state index in [1.54, 1.807) is 7.11 Å². The van der Waals surface area contributed by atoms with Crippen molar-refractivity contribution in [2.24, 2.45) is 11.3 Å². The molecule has 3 nitrogen and oxygen atoms in total. The molecule has 0 spiro atoms. The second kappa shape index (κ2) is 5.66. The second-order valence-electron chi connectivity index (χ2n) is 9.03. The van der Waals surface area contributed by atoms with Crippen LogP contribution in [-0.4, -0.2) is 17.3 Å². The second-order valence-corrected chi connectivity index (χ2v) is 9.03. The molecule has 2 aliphatic carbocycles. The number of hydrogen-bond acceptors (Lipinski definition) is 3. The topological polar surface area (TPSA) is 49.7 Å². The average molecular weight is 332 g/mol. The van der Waals surface area contributed by atoms with E-state index in [2.05, 4.69) is 40.7 Å². The van der Waals surface area contributed by atoms with Crippen LogP contribution in [0.2, 0.25) is 0 Å². The van der Waals surface area contributed by atoms with E-state index in [0.29, 0.717) is 11.7 Å². The molecule has 1 fully saturated rings. The minimum atomic E-state index is -0.509. The molecule has 0 heterocycles. The molecule has 0 saturated heterocycles. The average Bonchev–Trinajstić information content (AvgIpc) is 2.48. The number of hydrogen-bond donors (Lipinski definition) is 2. The lowest BCUT2D eigenvalue weighted by molar-refractivity contribution is -0.00817. The van der Waals surface area contributed by atoms with Crippen LogP contribution in [0.3, 0.4) is 0 Å². The van der Waals surface area contributed by atoms with Crippen LogP contribution in [0.25, 0.3) is 0 Å². The molecule has 2 N–H and O–H groups in total. The Bertz CT molecular complexity index is 647. The SMILES string of the molecule is COc1c(C(C)C)cc2c(c1O)[C@@]1(C)CCCC(C)(C)C1C[C@H]2O. The van der Waals surface area contributed by atoms with Crippen molar-refractivity contribution < 1.29 is 14.9 Å². The normalized spacial score (nSPS) is 31.5. The van der Waals surface area contributed by atoms with E-state index in [4.69, 9.17) is 4.74 Å². The van der Waals surface area contributed by atoms with Crippen molar-refractivity contribution in [1.29, 1.82) is 0 Å². The van der Waals surface area contributed by atoms with Gasteiger partial charge in [0.15, 0.2) is 11.5 Å². The van der Waals surface area contributed by atoms with Gasteiger partial charge in [-0.2, -0.15) is 0 Å². The number of phenolic OH excluding ortho intramolecular Hbond substituents is 1. The number of fused-ring (bicyclic) bond motifs is 3. The molecule has 0 aromatic heterocycles. The van der Waals surface area contributed by atoms with Gasteiger partial charge >= 0.3 is 0 Å². The van der Waals surface area contributed by atoms with Crippen molar-refractivity contribution in [3.8, 4) is 11.5 Å². The van der Waals surface area contributed by atoms with E-state index in [0.717, 1.165) is 36.0 Å². The predicted molar refractivity (Wildman–Crippen MR) is 96.8 cm³/mol. The monoisotopic (exact) mass is 332 g/mol. The minimum absolute atomic E-state index is 0.108. The van der Waals surface area contributed by atoms with Gasteiger partial charge in [0.05, 0.1) is 13.2 Å². The zero-order chi connectivity index (χ0) is 17.9. The summed E-state index contributed by atoms with van der Waals surface area (Å²) in [6, 6.07) is 2.08. The quantitative estimate of drug-likeness (QED) is 0.797. The molecule has 1 saturated carbocycles. The zero-order valence-electron chi connectivity index (χ0n) is 15.9. The van der Waals surface area contributed by atoms with Gasteiger partial charge in [-0.15, -0.1) is 0 Å². The minimum Gasteiger partial charge on any atom is -0.504 e. The molecular weight excluding hydrogens is 300 g/mol. The molecule has 0 bridgehead atoms. The maximum Gasteiger partial charge on any atom is 0.164 e. The summed E-state index contributed by atoms with van der Waals surface area (Å²) >= 11 is 0. The zero-order valence-corrected chi connectivity index (χ0v) is 15.9. The number of phenols is 1. The van der Waals surface area contributed by atoms with Crippen LogP contribution < -0.4 is 4.74 Å². The molecule has 1 unspecified atom stereocenters.